The van der Waals surface area contributed by atoms with Gasteiger partial charge in [-0.05, 0) is 18.8 Å². The Kier molecular flexibility index (Phi) is 7.42. The third kappa shape index (κ3) is 5.94. The van der Waals surface area contributed by atoms with Crippen molar-refractivity contribution in [3.8, 4) is 0 Å². The van der Waals surface area contributed by atoms with E-state index < -0.39 is 0 Å². The average Bonchev–Trinajstić information content (AvgIpc) is 2.18. The predicted octanol–water partition coefficient (Wildman–Crippen LogP) is 0.734. The normalized spacial score (nSPS) is 22.1. The third-order valence-electron chi connectivity index (χ3n) is 2.19. The van der Waals surface area contributed by atoms with Crippen molar-refractivity contribution in [2.24, 2.45) is 11.8 Å². The van der Waals surface area contributed by atoms with E-state index in [1.165, 1.54) is 6.42 Å². The molecule has 0 aromatic heterocycles. The summed E-state index contributed by atoms with van der Waals surface area (Å²) in [6.07, 6.45) is 2.31. The van der Waals surface area contributed by atoms with E-state index in [1.54, 1.807) is 6.92 Å². The van der Waals surface area contributed by atoms with Gasteiger partial charge in [0.1, 0.15) is 0 Å². The minimum Gasteiger partial charge on any atom is -0.356 e. The van der Waals surface area contributed by atoms with Crippen molar-refractivity contribution in [1.29, 1.82) is 0 Å². The molecule has 1 amide bonds. The standard InChI is InChI=1S/C8H17N3O.C2H6/c1-7(12)10-5-8-3-2-4-11(9)6-8;1-2/h8H,2-6,9H2,1H3,(H,10,12);1-2H3. The molecular weight excluding hydrogens is 178 g/mol. The zero-order valence-corrected chi connectivity index (χ0v) is 9.55. The van der Waals surface area contributed by atoms with Crippen LogP contribution in [0.3, 0.4) is 0 Å². The second kappa shape index (κ2) is 7.76. The van der Waals surface area contributed by atoms with E-state index in [2.05, 4.69) is 5.32 Å². The number of hydrazine groups is 1. The Bertz CT molecular complexity index is 161. The minimum atomic E-state index is 0.0455. The van der Waals surface area contributed by atoms with Crippen molar-refractivity contribution in [3.05, 3.63) is 0 Å². The molecule has 0 radical (unpaired) electrons. The first-order valence-corrected chi connectivity index (χ1v) is 5.42. The first-order valence-electron chi connectivity index (χ1n) is 5.42. The fourth-order valence-electron chi connectivity index (χ4n) is 1.55. The van der Waals surface area contributed by atoms with Crippen LogP contribution in [0.25, 0.3) is 0 Å². The van der Waals surface area contributed by atoms with Crippen LogP contribution >= 0.6 is 0 Å². The molecule has 1 aliphatic rings. The van der Waals surface area contributed by atoms with Gasteiger partial charge in [0.15, 0.2) is 0 Å². The molecule has 3 N–H and O–H groups in total. The van der Waals surface area contributed by atoms with Gasteiger partial charge in [0.05, 0.1) is 0 Å². The second-order valence-electron chi connectivity index (χ2n) is 3.44. The Morgan fingerprint density at radius 1 is 1.57 bits per heavy atom. The van der Waals surface area contributed by atoms with Crippen LogP contribution in [-0.2, 0) is 4.79 Å². The largest absolute Gasteiger partial charge is 0.356 e. The molecule has 1 atom stereocenters. The molecule has 84 valence electrons. The number of nitrogens with two attached hydrogens (primary N) is 1. The van der Waals surface area contributed by atoms with Crippen molar-refractivity contribution in [2.75, 3.05) is 19.6 Å². The molecule has 1 aliphatic heterocycles. The Labute approximate surface area is 86.8 Å². The Morgan fingerprint density at radius 3 is 2.71 bits per heavy atom. The summed E-state index contributed by atoms with van der Waals surface area (Å²) < 4.78 is 0. The summed E-state index contributed by atoms with van der Waals surface area (Å²) in [6.45, 7) is 8.20. The maximum Gasteiger partial charge on any atom is 0.216 e. The summed E-state index contributed by atoms with van der Waals surface area (Å²) in [5.41, 5.74) is 0. The Hall–Kier alpha value is -0.610. The number of hydrogen-bond acceptors (Lipinski definition) is 3. The van der Waals surface area contributed by atoms with Crippen LogP contribution in [0.2, 0.25) is 0 Å². The van der Waals surface area contributed by atoms with Crippen LogP contribution in [0.1, 0.15) is 33.6 Å². The van der Waals surface area contributed by atoms with Crippen LogP contribution < -0.4 is 11.2 Å². The van der Waals surface area contributed by atoms with Gasteiger partial charge in [-0.2, -0.15) is 0 Å². The van der Waals surface area contributed by atoms with Crippen molar-refractivity contribution in [2.45, 2.75) is 33.6 Å². The van der Waals surface area contributed by atoms with Crippen molar-refractivity contribution in [1.82, 2.24) is 10.3 Å². The van der Waals surface area contributed by atoms with Gasteiger partial charge in [-0.25, -0.2) is 5.01 Å². The number of piperidine rings is 1. The number of hydrogen-bond donors (Lipinski definition) is 2. The van der Waals surface area contributed by atoms with Crippen LogP contribution in [0.4, 0.5) is 0 Å². The molecule has 1 unspecified atom stereocenters. The lowest BCUT2D eigenvalue weighted by molar-refractivity contribution is -0.119. The van der Waals surface area contributed by atoms with E-state index in [9.17, 15) is 4.79 Å². The van der Waals surface area contributed by atoms with E-state index in [1.807, 2.05) is 18.9 Å². The van der Waals surface area contributed by atoms with Crippen molar-refractivity contribution >= 4 is 5.91 Å². The lowest BCUT2D eigenvalue weighted by Crippen LogP contribution is -2.43. The van der Waals surface area contributed by atoms with E-state index in [0.29, 0.717) is 5.92 Å². The molecule has 1 saturated heterocycles. The number of amides is 1. The van der Waals surface area contributed by atoms with Gasteiger partial charge in [0.25, 0.3) is 0 Å². The highest BCUT2D eigenvalue weighted by Crippen LogP contribution is 2.12. The summed E-state index contributed by atoms with van der Waals surface area (Å²) in [7, 11) is 0. The van der Waals surface area contributed by atoms with Crippen LogP contribution in [0.5, 0.6) is 0 Å². The van der Waals surface area contributed by atoms with Gasteiger partial charge < -0.3 is 5.32 Å². The minimum absolute atomic E-state index is 0.0455. The Morgan fingerprint density at radius 2 is 2.21 bits per heavy atom. The van der Waals surface area contributed by atoms with Gasteiger partial charge in [-0.3, -0.25) is 10.6 Å². The molecule has 1 heterocycles. The summed E-state index contributed by atoms with van der Waals surface area (Å²) in [5, 5.41) is 4.64. The number of rotatable bonds is 2. The first-order chi connectivity index (χ1) is 6.68. The molecule has 1 fully saturated rings. The lowest BCUT2D eigenvalue weighted by Gasteiger charge is -2.29. The number of carbonyl (C=O) groups excluding carboxylic acids is 1. The molecule has 14 heavy (non-hydrogen) atoms. The van der Waals surface area contributed by atoms with Crippen LogP contribution in [0.15, 0.2) is 0 Å². The monoisotopic (exact) mass is 201 g/mol. The maximum atomic E-state index is 10.6. The zero-order valence-electron chi connectivity index (χ0n) is 9.55. The zero-order chi connectivity index (χ0) is 11.0. The third-order valence-corrected chi connectivity index (χ3v) is 2.19. The molecule has 0 bridgehead atoms. The molecule has 4 nitrogen and oxygen atoms in total. The van der Waals surface area contributed by atoms with Crippen LogP contribution in [0, 0.1) is 5.92 Å². The van der Waals surface area contributed by atoms with Gasteiger partial charge in [0.2, 0.25) is 5.91 Å². The molecule has 0 aromatic rings. The molecule has 1 rings (SSSR count). The highest BCUT2D eigenvalue weighted by molar-refractivity contribution is 5.72. The summed E-state index contributed by atoms with van der Waals surface area (Å²) in [4.78, 5) is 10.6. The predicted molar refractivity (Wildman–Crippen MR) is 58.5 cm³/mol. The van der Waals surface area contributed by atoms with Gasteiger partial charge >= 0.3 is 0 Å². The molecular formula is C10H23N3O. The van der Waals surface area contributed by atoms with Crippen molar-refractivity contribution < 1.29 is 4.79 Å². The molecule has 0 saturated carbocycles. The van der Waals surface area contributed by atoms with Gasteiger partial charge in [-0.15, -0.1) is 0 Å². The van der Waals surface area contributed by atoms with E-state index >= 15 is 0 Å². The smallest absolute Gasteiger partial charge is 0.216 e. The fourth-order valence-corrected chi connectivity index (χ4v) is 1.55. The highest BCUT2D eigenvalue weighted by atomic mass is 16.1. The van der Waals surface area contributed by atoms with E-state index in [4.69, 9.17) is 5.84 Å². The van der Waals surface area contributed by atoms with Gasteiger partial charge in [0, 0.05) is 26.6 Å². The number of carbonyl (C=O) groups is 1. The summed E-state index contributed by atoms with van der Waals surface area (Å²) in [5.74, 6) is 6.23. The van der Waals surface area contributed by atoms with E-state index in [-0.39, 0.29) is 5.91 Å². The molecule has 0 aliphatic carbocycles. The van der Waals surface area contributed by atoms with E-state index in [0.717, 1.165) is 26.1 Å². The number of nitrogens with zero attached hydrogens (tertiary/aromatic N) is 1. The first kappa shape index (κ1) is 13.4. The summed E-state index contributed by atoms with van der Waals surface area (Å²) in [6, 6.07) is 0. The molecule has 0 aromatic carbocycles. The summed E-state index contributed by atoms with van der Waals surface area (Å²) >= 11 is 0. The van der Waals surface area contributed by atoms with Gasteiger partial charge in [-0.1, -0.05) is 13.8 Å². The lowest BCUT2D eigenvalue weighted by atomic mass is 9.99. The maximum absolute atomic E-state index is 10.6. The van der Waals surface area contributed by atoms with Crippen LogP contribution in [-0.4, -0.2) is 30.6 Å². The fraction of sp³-hybridized carbons (Fsp3) is 0.900. The molecule has 0 spiro atoms. The van der Waals surface area contributed by atoms with Crippen molar-refractivity contribution in [3.63, 3.8) is 0 Å². The quantitative estimate of drug-likeness (QED) is 0.648. The highest BCUT2D eigenvalue weighted by Gasteiger charge is 2.17. The second-order valence-corrected chi connectivity index (χ2v) is 3.44. The SMILES string of the molecule is CC.CC(=O)NCC1CCCN(N)C1. The topological polar surface area (TPSA) is 58.4 Å². The Balaban J connectivity index is 0.000000791. The molecule has 4 heteroatoms. The average molecular weight is 201 g/mol. The number of nitrogens with one attached hydrogen (secondary N) is 1.